The lowest BCUT2D eigenvalue weighted by Gasteiger charge is -2.22. The van der Waals surface area contributed by atoms with Crippen molar-refractivity contribution in [1.29, 1.82) is 0 Å². The SMILES string of the molecule is CCCCN(CCO)C(=O)CNC(C)C. The van der Waals surface area contributed by atoms with Gasteiger partial charge in [0, 0.05) is 19.1 Å². The van der Waals surface area contributed by atoms with Crippen LogP contribution >= 0.6 is 0 Å². The summed E-state index contributed by atoms with van der Waals surface area (Å²) in [6.45, 7) is 7.70. The number of hydrogen-bond acceptors (Lipinski definition) is 3. The van der Waals surface area contributed by atoms with Gasteiger partial charge in [0.2, 0.25) is 5.91 Å². The summed E-state index contributed by atoms with van der Waals surface area (Å²) >= 11 is 0. The summed E-state index contributed by atoms with van der Waals surface area (Å²) in [4.78, 5) is 13.4. The van der Waals surface area contributed by atoms with Gasteiger partial charge < -0.3 is 15.3 Å². The fraction of sp³-hybridized carbons (Fsp3) is 0.909. The van der Waals surface area contributed by atoms with Crippen LogP contribution < -0.4 is 5.32 Å². The van der Waals surface area contributed by atoms with Crippen LogP contribution in [0.2, 0.25) is 0 Å². The number of aliphatic hydroxyl groups is 1. The molecule has 2 N–H and O–H groups in total. The Bertz CT molecular complexity index is 172. The molecule has 0 unspecified atom stereocenters. The highest BCUT2D eigenvalue weighted by atomic mass is 16.3. The topological polar surface area (TPSA) is 52.6 Å². The maximum Gasteiger partial charge on any atom is 0.236 e. The number of aliphatic hydroxyl groups excluding tert-OH is 1. The molecular formula is C11H24N2O2. The van der Waals surface area contributed by atoms with Crippen LogP contribution in [-0.2, 0) is 4.79 Å². The van der Waals surface area contributed by atoms with Crippen molar-refractivity contribution in [2.24, 2.45) is 0 Å². The molecule has 0 radical (unpaired) electrons. The van der Waals surface area contributed by atoms with Crippen molar-refractivity contribution >= 4 is 5.91 Å². The second kappa shape index (κ2) is 8.68. The lowest BCUT2D eigenvalue weighted by Crippen LogP contribution is -2.42. The van der Waals surface area contributed by atoms with Crippen LogP contribution in [0, 0.1) is 0 Å². The molecule has 0 heterocycles. The first-order valence-corrected chi connectivity index (χ1v) is 5.73. The van der Waals surface area contributed by atoms with Crippen molar-refractivity contribution < 1.29 is 9.90 Å². The highest BCUT2D eigenvalue weighted by molar-refractivity contribution is 5.78. The second-order valence-corrected chi connectivity index (χ2v) is 3.99. The minimum Gasteiger partial charge on any atom is -0.395 e. The molecule has 0 aliphatic rings. The Hall–Kier alpha value is -0.610. The van der Waals surface area contributed by atoms with Crippen LogP contribution in [0.25, 0.3) is 0 Å². The summed E-state index contributed by atoms with van der Waals surface area (Å²) in [5.74, 6) is 0.0752. The van der Waals surface area contributed by atoms with Crippen molar-refractivity contribution in [1.82, 2.24) is 10.2 Å². The third-order valence-electron chi connectivity index (χ3n) is 2.17. The molecule has 1 amide bonds. The predicted octanol–water partition coefficient (Wildman–Crippen LogP) is 0.605. The molecular weight excluding hydrogens is 192 g/mol. The number of rotatable bonds is 8. The van der Waals surface area contributed by atoms with E-state index in [9.17, 15) is 4.79 Å². The van der Waals surface area contributed by atoms with Gasteiger partial charge in [-0.25, -0.2) is 0 Å². The largest absolute Gasteiger partial charge is 0.395 e. The Kier molecular flexibility index (Phi) is 8.33. The molecule has 0 aromatic heterocycles. The van der Waals surface area contributed by atoms with Gasteiger partial charge in [-0.05, 0) is 6.42 Å². The maximum atomic E-state index is 11.7. The van der Waals surface area contributed by atoms with Gasteiger partial charge in [-0.15, -0.1) is 0 Å². The van der Waals surface area contributed by atoms with Crippen LogP contribution in [0.15, 0.2) is 0 Å². The zero-order valence-corrected chi connectivity index (χ0v) is 10.1. The first-order chi connectivity index (χ1) is 7.11. The van der Waals surface area contributed by atoms with Crippen molar-refractivity contribution in [2.45, 2.75) is 39.7 Å². The molecule has 0 rings (SSSR count). The second-order valence-electron chi connectivity index (χ2n) is 3.99. The molecule has 0 aromatic carbocycles. The molecule has 0 fully saturated rings. The molecule has 0 bridgehead atoms. The van der Waals surface area contributed by atoms with Gasteiger partial charge >= 0.3 is 0 Å². The summed E-state index contributed by atoms with van der Waals surface area (Å²) in [5.41, 5.74) is 0. The quantitative estimate of drug-likeness (QED) is 0.625. The van der Waals surface area contributed by atoms with E-state index in [4.69, 9.17) is 5.11 Å². The lowest BCUT2D eigenvalue weighted by molar-refractivity contribution is -0.130. The molecule has 0 aliphatic heterocycles. The third-order valence-corrected chi connectivity index (χ3v) is 2.17. The Morgan fingerprint density at radius 1 is 1.40 bits per heavy atom. The van der Waals surface area contributed by atoms with Gasteiger partial charge in [0.05, 0.1) is 13.2 Å². The highest BCUT2D eigenvalue weighted by Gasteiger charge is 2.11. The number of nitrogens with zero attached hydrogens (tertiary/aromatic N) is 1. The van der Waals surface area contributed by atoms with Gasteiger partial charge in [-0.1, -0.05) is 27.2 Å². The van der Waals surface area contributed by atoms with E-state index >= 15 is 0 Å². The van der Waals surface area contributed by atoms with E-state index in [0.29, 0.717) is 19.1 Å². The molecule has 0 saturated carbocycles. The Labute approximate surface area is 92.7 Å². The molecule has 4 heteroatoms. The fourth-order valence-corrected chi connectivity index (χ4v) is 1.23. The molecule has 4 nitrogen and oxygen atoms in total. The van der Waals surface area contributed by atoms with Gasteiger partial charge in [0.15, 0.2) is 0 Å². The Balaban J connectivity index is 3.92. The number of carbonyl (C=O) groups is 1. The predicted molar refractivity (Wildman–Crippen MR) is 61.7 cm³/mol. The molecule has 0 aliphatic carbocycles. The number of unbranched alkanes of at least 4 members (excludes halogenated alkanes) is 1. The van der Waals surface area contributed by atoms with Gasteiger partial charge in [0.1, 0.15) is 0 Å². The first-order valence-electron chi connectivity index (χ1n) is 5.73. The lowest BCUT2D eigenvalue weighted by atomic mass is 10.3. The van der Waals surface area contributed by atoms with E-state index < -0.39 is 0 Å². The summed E-state index contributed by atoms with van der Waals surface area (Å²) in [6.07, 6.45) is 2.06. The fourth-order valence-electron chi connectivity index (χ4n) is 1.23. The van der Waals surface area contributed by atoms with Crippen molar-refractivity contribution in [3.63, 3.8) is 0 Å². The van der Waals surface area contributed by atoms with Crippen molar-refractivity contribution in [3.8, 4) is 0 Å². The van der Waals surface area contributed by atoms with Crippen molar-refractivity contribution in [2.75, 3.05) is 26.2 Å². The van der Waals surface area contributed by atoms with Crippen LogP contribution in [0.4, 0.5) is 0 Å². The molecule has 0 saturated heterocycles. The summed E-state index contributed by atoms with van der Waals surface area (Å²) in [6, 6.07) is 0.316. The van der Waals surface area contributed by atoms with E-state index in [1.165, 1.54) is 0 Å². The minimum absolute atomic E-state index is 0.0388. The molecule has 0 aromatic rings. The first kappa shape index (κ1) is 14.4. The average molecular weight is 216 g/mol. The van der Waals surface area contributed by atoms with E-state index in [0.717, 1.165) is 19.4 Å². The number of nitrogens with one attached hydrogen (secondary N) is 1. The van der Waals surface area contributed by atoms with E-state index in [1.54, 1.807) is 4.90 Å². The number of hydrogen-bond donors (Lipinski definition) is 2. The zero-order chi connectivity index (χ0) is 11.7. The summed E-state index contributed by atoms with van der Waals surface area (Å²) in [5, 5.41) is 11.9. The van der Waals surface area contributed by atoms with Gasteiger partial charge in [0.25, 0.3) is 0 Å². The molecule has 0 atom stereocenters. The van der Waals surface area contributed by atoms with Gasteiger partial charge in [-0.3, -0.25) is 4.79 Å². The van der Waals surface area contributed by atoms with Crippen molar-refractivity contribution in [3.05, 3.63) is 0 Å². The molecule has 0 spiro atoms. The van der Waals surface area contributed by atoms with E-state index in [2.05, 4.69) is 12.2 Å². The van der Waals surface area contributed by atoms with E-state index in [-0.39, 0.29) is 12.5 Å². The minimum atomic E-state index is 0.0388. The Morgan fingerprint density at radius 2 is 2.07 bits per heavy atom. The Morgan fingerprint density at radius 3 is 2.53 bits per heavy atom. The van der Waals surface area contributed by atoms with Crippen LogP contribution in [0.1, 0.15) is 33.6 Å². The zero-order valence-electron chi connectivity index (χ0n) is 10.1. The standard InChI is InChI=1S/C11H24N2O2/c1-4-5-6-13(7-8-14)11(15)9-12-10(2)3/h10,12,14H,4-9H2,1-3H3. The van der Waals surface area contributed by atoms with Gasteiger partial charge in [-0.2, -0.15) is 0 Å². The molecule has 90 valence electrons. The normalized spacial score (nSPS) is 10.7. The van der Waals surface area contributed by atoms with E-state index in [1.807, 2.05) is 13.8 Å². The highest BCUT2D eigenvalue weighted by Crippen LogP contribution is 1.95. The maximum absolute atomic E-state index is 11.7. The van der Waals surface area contributed by atoms with Crippen LogP contribution in [0.5, 0.6) is 0 Å². The molecule has 15 heavy (non-hydrogen) atoms. The summed E-state index contributed by atoms with van der Waals surface area (Å²) < 4.78 is 0. The van der Waals surface area contributed by atoms with Crippen LogP contribution in [0.3, 0.4) is 0 Å². The number of amides is 1. The smallest absolute Gasteiger partial charge is 0.236 e. The average Bonchev–Trinajstić information content (AvgIpc) is 2.20. The third kappa shape index (κ3) is 7.33. The monoisotopic (exact) mass is 216 g/mol. The number of carbonyl (C=O) groups excluding carboxylic acids is 1. The van der Waals surface area contributed by atoms with Crippen LogP contribution in [-0.4, -0.2) is 48.2 Å². The summed E-state index contributed by atoms with van der Waals surface area (Å²) in [7, 11) is 0.